The molecule has 4 heteroatoms. The van der Waals surface area contributed by atoms with Gasteiger partial charge in [0.2, 0.25) is 5.91 Å². The molecule has 0 aliphatic carbocycles. The van der Waals surface area contributed by atoms with Crippen molar-refractivity contribution >= 4 is 23.2 Å². The number of hydrogen-bond acceptors (Lipinski definition) is 2. The van der Waals surface area contributed by atoms with E-state index in [1.165, 1.54) is 0 Å². The summed E-state index contributed by atoms with van der Waals surface area (Å²) in [7, 11) is 0. The predicted molar refractivity (Wildman–Crippen MR) is 62.3 cm³/mol. The molecule has 1 aromatic carbocycles. The van der Waals surface area contributed by atoms with Crippen LogP contribution in [0, 0.1) is 24.2 Å². The monoisotopic (exact) mass is 234 g/mol. The minimum absolute atomic E-state index is 0.0111. The molecule has 1 heterocycles. The highest BCUT2D eigenvalue weighted by Crippen LogP contribution is 2.29. The second-order valence-corrected chi connectivity index (χ2v) is 4.40. The van der Waals surface area contributed by atoms with E-state index in [4.69, 9.17) is 16.9 Å². The number of carbonyl (C=O) groups excluding carboxylic acids is 1. The molecule has 1 aliphatic rings. The molecule has 0 spiro atoms. The zero-order valence-corrected chi connectivity index (χ0v) is 9.66. The maximum absolute atomic E-state index is 11.7. The highest BCUT2D eigenvalue weighted by molar-refractivity contribution is 6.30. The van der Waals surface area contributed by atoms with Crippen molar-refractivity contribution in [3.05, 3.63) is 28.8 Å². The standard InChI is InChI=1S/C12H11ClN2O/c1-8-4-10(13)2-3-11(8)15-7-9(6-14)5-12(15)16/h2-4,9H,5,7H2,1H3. The van der Waals surface area contributed by atoms with Crippen LogP contribution in [0.4, 0.5) is 5.69 Å². The number of hydrogen-bond donors (Lipinski definition) is 0. The lowest BCUT2D eigenvalue weighted by atomic mass is 10.1. The Morgan fingerprint density at radius 1 is 1.56 bits per heavy atom. The number of benzene rings is 1. The molecule has 1 saturated heterocycles. The normalized spacial score (nSPS) is 19.9. The van der Waals surface area contributed by atoms with Gasteiger partial charge in [-0.3, -0.25) is 4.79 Å². The minimum Gasteiger partial charge on any atom is -0.311 e. The molecule has 0 aromatic heterocycles. The Bertz CT molecular complexity index is 478. The number of amides is 1. The minimum atomic E-state index is -0.192. The lowest BCUT2D eigenvalue weighted by Gasteiger charge is -2.18. The third-order valence-corrected chi connectivity index (χ3v) is 2.99. The number of aryl methyl sites for hydroxylation is 1. The Hall–Kier alpha value is -1.53. The molecule has 82 valence electrons. The van der Waals surface area contributed by atoms with E-state index in [-0.39, 0.29) is 11.8 Å². The molecule has 0 N–H and O–H groups in total. The van der Waals surface area contributed by atoms with Crippen LogP contribution in [-0.4, -0.2) is 12.5 Å². The van der Waals surface area contributed by atoms with E-state index in [2.05, 4.69) is 6.07 Å². The molecule has 3 nitrogen and oxygen atoms in total. The van der Waals surface area contributed by atoms with E-state index in [9.17, 15) is 4.79 Å². The molecule has 1 fully saturated rings. The first-order valence-electron chi connectivity index (χ1n) is 5.08. The SMILES string of the molecule is Cc1cc(Cl)ccc1N1CC(C#N)CC1=O. The van der Waals surface area contributed by atoms with Crippen molar-refractivity contribution in [3.63, 3.8) is 0 Å². The lowest BCUT2D eigenvalue weighted by molar-refractivity contribution is -0.117. The molecule has 16 heavy (non-hydrogen) atoms. The van der Waals surface area contributed by atoms with E-state index in [0.29, 0.717) is 18.0 Å². The molecule has 1 amide bonds. The molecule has 1 atom stereocenters. The van der Waals surface area contributed by atoms with Crippen LogP contribution in [0.15, 0.2) is 18.2 Å². The van der Waals surface area contributed by atoms with Crippen LogP contribution in [0.5, 0.6) is 0 Å². The van der Waals surface area contributed by atoms with Crippen LogP contribution in [0.3, 0.4) is 0 Å². The van der Waals surface area contributed by atoms with E-state index in [1.54, 1.807) is 11.0 Å². The maximum atomic E-state index is 11.7. The van der Waals surface area contributed by atoms with Gasteiger partial charge in [0.1, 0.15) is 0 Å². The van der Waals surface area contributed by atoms with Crippen LogP contribution in [0.2, 0.25) is 5.02 Å². The van der Waals surface area contributed by atoms with Gasteiger partial charge in [0.05, 0.1) is 12.0 Å². The second kappa shape index (κ2) is 4.15. The Morgan fingerprint density at radius 3 is 2.88 bits per heavy atom. The van der Waals surface area contributed by atoms with Gasteiger partial charge in [-0.1, -0.05) is 11.6 Å². The van der Waals surface area contributed by atoms with Crippen LogP contribution in [0.25, 0.3) is 0 Å². The smallest absolute Gasteiger partial charge is 0.228 e. The fourth-order valence-corrected chi connectivity index (χ4v) is 2.18. The lowest BCUT2D eigenvalue weighted by Crippen LogP contribution is -2.25. The van der Waals surface area contributed by atoms with E-state index in [1.807, 2.05) is 19.1 Å². The number of rotatable bonds is 1. The molecular weight excluding hydrogens is 224 g/mol. The number of anilines is 1. The zero-order chi connectivity index (χ0) is 11.7. The molecule has 1 aromatic rings. The summed E-state index contributed by atoms with van der Waals surface area (Å²) in [5.74, 6) is -0.181. The highest BCUT2D eigenvalue weighted by atomic mass is 35.5. The first kappa shape index (κ1) is 11.0. The third-order valence-electron chi connectivity index (χ3n) is 2.76. The number of carbonyl (C=O) groups is 1. The van der Waals surface area contributed by atoms with Crippen LogP contribution >= 0.6 is 11.6 Å². The molecule has 1 unspecified atom stereocenters. The molecule has 1 aliphatic heterocycles. The summed E-state index contributed by atoms with van der Waals surface area (Å²) >= 11 is 5.86. The zero-order valence-electron chi connectivity index (χ0n) is 8.90. The van der Waals surface area contributed by atoms with Crippen molar-refractivity contribution < 1.29 is 4.79 Å². The number of nitrogens with zero attached hydrogens (tertiary/aromatic N) is 2. The molecule has 0 saturated carbocycles. The summed E-state index contributed by atoms with van der Waals surface area (Å²) in [6.45, 7) is 2.39. The van der Waals surface area contributed by atoms with E-state index < -0.39 is 0 Å². The van der Waals surface area contributed by atoms with Gasteiger partial charge in [-0.25, -0.2) is 0 Å². The average molecular weight is 235 g/mol. The largest absolute Gasteiger partial charge is 0.311 e. The first-order valence-corrected chi connectivity index (χ1v) is 5.45. The first-order chi connectivity index (χ1) is 7.61. The summed E-state index contributed by atoms with van der Waals surface area (Å²) in [6, 6.07) is 7.55. The fraction of sp³-hybridized carbons (Fsp3) is 0.333. The van der Waals surface area contributed by atoms with Gasteiger partial charge in [-0.05, 0) is 30.7 Å². The van der Waals surface area contributed by atoms with Crippen molar-refractivity contribution in [1.82, 2.24) is 0 Å². The fourth-order valence-electron chi connectivity index (χ4n) is 1.95. The van der Waals surface area contributed by atoms with Crippen molar-refractivity contribution in [1.29, 1.82) is 5.26 Å². The number of nitriles is 1. The van der Waals surface area contributed by atoms with E-state index >= 15 is 0 Å². The van der Waals surface area contributed by atoms with Crippen LogP contribution < -0.4 is 4.90 Å². The van der Waals surface area contributed by atoms with Gasteiger partial charge in [-0.15, -0.1) is 0 Å². The number of halogens is 1. The van der Waals surface area contributed by atoms with Crippen molar-refractivity contribution in [2.45, 2.75) is 13.3 Å². The topological polar surface area (TPSA) is 44.1 Å². The van der Waals surface area contributed by atoms with Gasteiger partial charge in [0.25, 0.3) is 0 Å². The van der Waals surface area contributed by atoms with Gasteiger partial charge in [0.15, 0.2) is 0 Å². The summed E-state index contributed by atoms with van der Waals surface area (Å²) in [5, 5.41) is 9.47. The van der Waals surface area contributed by atoms with E-state index in [0.717, 1.165) is 11.3 Å². The van der Waals surface area contributed by atoms with Crippen molar-refractivity contribution in [2.75, 3.05) is 11.4 Å². The molecule has 0 radical (unpaired) electrons. The Morgan fingerprint density at radius 2 is 2.31 bits per heavy atom. The molecule has 0 bridgehead atoms. The van der Waals surface area contributed by atoms with Gasteiger partial charge in [0, 0.05) is 23.7 Å². The quantitative estimate of drug-likeness (QED) is 0.750. The van der Waals surface area contributed by atoms with Gasteiger partial charge < -0.3 is 4.90 Å². The average Bonchev–Trinajstić information content (AvgIpc) is 2.60. The summed E-state index contributed by atoms with van der Waals surface area (Å²) in [5.41, 5.74) is 1.81. The van der Waals surface area contributed by atoms with Crippen molar-refractivity contribution in [2.24, 2.45) is 5.92 Å². The summed E-state index contributed by atoms with van der Waals surface area (Å²) in [6.07, 6.45) is 0.318. The third kappa shape index (κ3) is 1.89. The Labute approximate surface area is 99.2 Å². The summed E-state index contributed by atoms with van der Waals surface area (Å²) in [4.78, 5) is 13.4. The summed E-state index contributed by atoms with van der Waals surface area (Å²) < 4.78 is 0. The Balaban J connectivity index is 2.32. The molecular formula is C12H11ClN2O. The van der Waals surface area contributed by atoms with Crippen molar-refractivity contribution in [3.8, 4) is 6.07 Å². The van der Waals surface area contributed by atoms with Crippen LogP contribution in [-0.2, 0) is 4.79 Å². The van der Waals surface area contributed by atoms with Gasteiger partial charge in [-0.2, -0.15) is 5.26 Å². The second-order valence-electron chi connectivity index (χ2n) is 3.97. The highest BCUT2D eigenvalue weighted by Gasteiger charge is 2.31. The Kier molecular flexibility index (Phi) is 2.84. The van der Waals surface area contributed by atoms with Crippen LogP contribution in [0.1, 0.15) is 12.0 Å². The van der Waals surface area contributed by atoms with Gasteiger partial charge >= 0.3 is 0 Å². The predicted octanol–water partition coefficient (Wildman–Crippen LogP) is 2.52. The molecule has 2 rings (SSSR count). The maximum Gasteiger partial charge on any atom is 0.228 e.